The molecule has 4 aliphatic rings. The van der Waals surface area contributed by atoms with Crippen LogP contribution in [0.15, 0.2) is 0 Å². The van der Waals surface area contributed by atoms with Crippen LogP contribution in [0.4, 0.5) is 4.79 Å². The standard InChI is InChI=1S/C16H28N2O2/c1-11(2)20-4-3-17-15(19)18-16-8-12-5-13(9-16)7-14(6-12)10-16/h11-14H,3-10H2,1-2H3,(H2,17,18,19). The van der Waals surface area contributed by atoms with Crippen molar-refractivity contribution in [2.75, 3.05) is 13.2 Å². The van der Waals surface area contributed by atoms with Crippen molar-refractivity contribution in [3.05, 3.63) is 0 Å². The molecule has 4 fully saturated rings. The maximum atomic E-state index is 12.1. The Bertz CT molecular complexity index is 332. The minimum atomic E-state index is -0.000642. The molecule has 114 valence electrons. The van der Waals surface area contributed by atoms with E-state index in [0.717, 1.165) is 17.8 Å². The van der Waals surface area contributed by atoms with Gasteiger partial charge in [-0.25, -0.2) is 4.79 Å². The van der Waals surface area contributed by atoms with Gasteiger partial charge in [-0.05, 0) is 70.1 Å². The SMILES string of the molecule is CC(C)OCCNC(=O)NC12CC3CC(CC(C3)C1)C2. The van der Waals surface area contributed by atoms with Gasteiger partial charge in [-0.2, -0.15) is 0 Å². The summed E-state index contributed by atoms with van der Waals surface area (Å²) in [6.07, 6.45) is 8.06. The van der Waals surface area contributed by atoms with Gasteiger partial charge >= 0.3 is 6.03 Å². The fraction of sp³-hybridized carbons (Fsp3) is 0.938. The molecular weight excluding hydrogens is 252 g/mol. The van der Waals surface area contributed by atoms with Crippen LogP contribution in [-0.4, -0.2) is 30.8 Å². The van der Waals surface area contributed by atoms with E-state index in [0.29, 0.717) is 13.2 Å². The number of carbonyl (C=O) groups excluding carboxylic acids is 1. The Morgan fingerprint density at radius 3 is 2.20 bits per heavy atom. The number of carbonyl (C=O) groups is 1. The average Bonchev–Trinajstić information content (AvgIpc) is 2.32. The van der Waals surface area contributed by atoms with E-state index in [-0.39, 0.29) is 17.7 Å². The van der Waals surface area contributed by atoms with E-state index in [1.54, 1.807) is 0 Å². The third-order valence-corrected chi connectivity index (χ3v) is 5.26. The van der Waals surface area contributed by atoms with E-state index in [1.807, 2.05) is 13.8 Å². The summed E-state index contributed by atoms with van der Waals surface area (Å²) >= 11 is 0. The van der Waals surface area contributed by atoms with Gasteiger partial charge in [0.25, 0.3) is 0 Å². The molecule has 4 bridgehead atoms. The zero-order chi connectivity index (χ0) is 14.2. The lowest BCUT2D eigenvalue weighted by Gasteiger charge is -2.56. The highest BCUT2D eigenvalue weighted by Gasteiger charge is 2.51. The first kappa shape index (κ1) is 14.2. The summed E-state index contributed by atoms with van der Waals surface area (Å²) in [4.78, 5) is 12.1. The van der Waals surface area contributed by atoms with Crippen LogP contribution in [-0.2, 0) is 4.74 Å². The lowest BCUT2D eigenvalue weighted by molar-refractivity contribution is -0.0136. The van der Waals surface area contributed by atoms with Crippen molar-refractivity contribution in [1.29, 1.82) is 0 Å². The molecule has 0 heterocycles. The number of nitrogens with one attached hydrogen (secondary N) is 2. The molecule has 2 N–H and O–H groups in total. The first-order valence-corrected chi connectivity index (χ1v) is 8.22. The quantitative estimate of drug-likeness (QED) is 0.761. The number of hydrogen-bond donors (Lipinski definition) is 2. The maximum Gasteiger partial charge on any atom is 0.315 e. The molecule has 20 heavy (non-hydrogen) atoms. The molecule has 4 saturated carbocycles. The van der Waals surface area contributed by atoms with Gasteiger partial charge in [-0.15, -0.1) is 0 Å². The number of ether oxygens (including phenoxy) is 1. The summed E-state index contributed by atoms with van der Waals surface area (Å²) in [6.45, 7) is 5.20. The third kappa shape index (κ3) is 3.11. The smallest absolute Gasteiger partial charge is 0.315 e. The normalized spacial score (nSPS) is 38.2. The highest BCUT2D eigenvalue weighted by Crippen LogP contribution is 2.55. The van der Waals surface area contributed by atoms with Gasteiger partial charge in [-0.3, -0.25) is 0 Å². The van der Waals surface area contributed by atoms with Crippen LogP contribution >= 0.6 is 0 Å². The van der Waals surface area contributed by atoms with Gasteiger partial charge in [0, 0.05) is 12.1 Å². The Balaban J connectivity index is 1.46. The molecule has 0 aromatic carbocycles. The summed E-state index contributed by atoms with van der Waals surface area (Å²) < 4.78 is 5.44. The van der Waals surface area contributed by atoms with Crippen molar-refractivity contribution < 1.29 is 9.53 Å². The number of urea groups is 1. The highest BCUT2D eigenvalue weighted by molar-refractivity contribution is 5.74. The summed E-state index contributed by atoms with van der Waals surface area (Å²) in [6, 6.07) is -0.000642. The number of amides is 2. The van der Waals surface area contributed by atoms with E-state index in [9.17, 15) is 4.79 Å². The molecule has 0 saturated heterocycles. The molecule has 0 atom stereocenters. The van der Waals surface area contributed by atoms with Crippen molar-refractivity contribution in [3.8, 4) is 0 Å². The monoisotopic (exact) mass is 280 g/mol. The Labute approximate surface area is 122 Å². The van der Waals surface area contributed by atoms with Gasteiger partial charge in [-0.1, -0.05) is 0 Å². The summed E-state index contributed by atoms with van der Waals surface area (Å²) in [5, 5.41) is 6.25. The fourth-order valence-electron chi connectivity index (χ4n) is 5.01. The molecule has 0 aromatic rings. The minimum Gasteiger partial charge on any atom is -0.377 e. The second-order valence-corrected chi connectivity index (χ2v) is 7.50. The molecule has 0 radical (unpaired) electrons. The van der Waals surface area contributed by atoms with Crippen molar-refractivity contribution >= 4 is 6.03 Å². The molecular formula is C16H28N2O2. The summed E-state index contributed by atoms with van der Waals surface area (Å²) in [5.74, 6) is 2.60. The first-order valence-electron chi connectivity index (χ1n) is 8.22. The molecule has 0 spiro atoms. The number of rotatable bonds is 5. The topological polar surface area (TPSA) is 50.4 Å². The second-order valence-electron chi connectivity index (χ2n) is 7.50. The van der Waals surface area contributed by atoms with Crippen molar-refractivity contribution in [2.45, 2.75) is 64.0 Å². The first-order chi connectivity index (χ1) is 9.55. The average molecular weight is 280 g/mol. The Morgan fingerprint density at radius 2 is 1.70 bits per heavy atom. The van der Waals surface area contributed by atoms with Crippen LogP contribution in [0.25, 0.3) is 0 Å². The summed E-state index contributed by atoms with van der Waals surface area (Å²) in [5.41, 5.74) is 0.109. The maximum absolute atomic E-state index is 12.1. The molecule has 4 rings (SSSR count). The molecule has 4 nitrogen and oxygen atoms in total. The Kier molecular flexibility index (Phi) is 3.93. The molecule has 0 aliphatic heterocycles. The van der Waals surface area contributed by atoms with E-state index in [2.05, 4.69) is 10.6 Å². The van der Waals surface area contributed by atoms with Crippen LogP contribution in [0.2, 0.25) is 0 Å². The van der Waals surface area contributed by atoms with Crippen LogP contribution in [0, 0.1) is 17.8 Å². The molecule has 4 heteroatoms. The van der Waals surface area contributed by atoms with Gasteiger partial charge < -0.3 is 15.4 Å². The van der Waals surface area contributed by atoms with Crippen molar-refractivity contribution in [1.82, 2.24) is 10.6 Å². The van der Waals surface area contributed by atoms with Crippen LogP contribution in [0.5, 0.6) is 0 Å². The predicted molar refractivity (Wildman–Crippen MR) is 78.5 cm³/mol. The highest BCUT2D eigenvalue weighted by atomic mass is 16.5. The van der Waals surface area contributed by atoms with Gasteiger partial charge in [0.15, 0.2) is 0 Å². The minimum absolute atomic E-state index is 0.000642. The lowest BCUT2D eigenvalue weighted by Crippen LogP contribution is -2.61. The predicted octanol–water partition coefficient (Wildman–Crippen LogP) is 2.68. The van der Waals surface area contributed by atoms with Crippen molar-refractivity contribution in [3.63, 3.8) is 0 Å². The van der Waals surface area contributed by atoms with Crippen molar-refractivity contribution in [2.24, 2.45) is 17.8 Å². The Morgan fingerprint density at radius 1 is 1.15 bits per heavy atom. The lowest BCUT2D eigenvalue weighted by atomic mass is 9.53. The van der Waals surface area contributed by atoms with Gasteiger partial charge in [0.2, 0.25) is 0 Å². The zero-order valence-electron chi connectivity index (χ0n) is 12.8. The Hall–Kier alpha value is -0.770. The zero-order valence-corrected chi connectivity index (χ0v) is 12.8. The largest absolute Gasteiger partial charge is 0.377 e. The van der Waals surface area contributed by atoms with Crippen LogP contribution in [0.3, 0.4) is 0 Å². The molecule has 0 aromatic heterocycles. The van der Waals surface area contributed by atoms with E-state index >= 15 is 0 Å². The molecule has 0 unspecified atom stereocenters. The summed E-state index contributed by atoms with van der Waals surface area (Å²) in [7, 11) is 0. The fourth-order valence-corrected chi connectivity index (χ4v) is 5.01. The van der Waals surface area contributed by atoms with Crippen LogP contribution < -0.4 is 10.6 Å². The van der Waals surface area contributed by atoms with Gasteiger partial charge in [0.1, 0.15) is 0 Å². The molecule has 2 amide bonds. The third-order valence-electron chi connectivity index (χ3n) is 5.26. The van der Waals surface area contributed by atoms with Gasteiger partial charge in [0.05, 0.1) is 12.7 Å². The molecule has 4 aliphatic carbocycles. The van der Waals surface area contributed by atoms with E-state index in [4.69, 9.17) is 4.74 Å². The number of hydrogen-bond acceptors (Lipinski definition) is 2. The van der Waals surface area contributed by atoms with Crippen LogP contribution in [0.1, 0.15) is 52.4 Å². The van der Waals surface area contributed by atoms with E-state index < -0.39 is 0 Å². The van der Waals surface area contributed by atoms with E-state index in [1.165, 1.54) is 38.5 Å². The second kappa shape index (κ2) is 5.55.